The molecule has 1 unspecified atom stereocenters. The van der Waals surface area contributed by atoms with Crippen molar-refractivity contribution >= 4 is 27.8 Å². The molecule has 6 nitrogen and oxygen atoms in total. The third-order valence-corrected chi connectivity index (χ3v) is 6.05. The van der Waals surface area contributed by atoms with Crippen molar-refractivity contribution in [2.45, 2.75) is 37.7 Å². The van der Waals surface area contributed by atoms with E-state index in [4.69, 9.17) is 9.47 Å². The van der Waals surface area contributed by atoms with Crippen LogP contribution in [0.2, 0.25) is 0 Å². The van der Waals surface area contributed by atoms with Crippen molar-refractivity contribution in [1.29, 1.82) is 0 Å². The first-order valence-corrected chi connectivity index (χ1v) is 10.4. The Morgan fingerprint density at radius 3 is 2.76 bits per heavy atom. The molecule has 0 spiro atoms. The summed E-state index contributed by atoms with van der Waals surface area (Å²) in [6, 6.07) is 12.9. The van der Waals surface area contributed by atoms with Crippen LogP contribution in [0.25, 0.3) is 10.9 Å². The summed E-state index contributed by atoms with van der Waals surface area (Å²) in [6.07, 6.45) is 0.691. The lowest BCUT2D eigenvalue weighted by atomic mass is 10.0. The van der Waals surface area contributed by atoms with E-state index in [1.165, 1.54) is 7.11 Å². The van der Waals surface area contributed by atoms with Gasteiger partial charge in [0.2, 0.25) is 0 Å². The van der Waals surface area contributed by atoms with E-state index in [1.807, 2.05) is 51.1 Å². The van der Waals surface area contributed by atoms with Crippen molar-refractivity contribution in [1.82, 2.24) is 9.71 Å². The molecule has 1 N–H and O–H groups in total. The molecular weight excluding hydrogens is 388 g/mol. The molecule has 0 saturated heterocycles. The molecule has 0 bridgehead atoms. The van der Waals surface area contributed by atoms with E-state index in [0.717, 1.165) is 16.5 Å². The highest BCUT2D eigenvalue weighted by atomic mass is 32.2. The zero-order chi connectivity index (χ0) is 20.8. The monoisotopic (exact) mass is 410 g/mol. The number of ether oxygens (including phenoxy) is 2. The molecule has 3 aromatic rings. The van der Waals surface area contributed by atoms with Gasteiger partial charge in [-0.1, -0.05) is 24.3 Å². The SMILES string of the molecule is COc1ccc2c(c1S(=O)NC(=O)c1ccc3c(C)cccc3n1)OC(C)(C)C2. The lowest BCUT2D eigenvalue weighted by Gasteiger charge is -2.18. The topological polar surface area (TPSA) is 77.5 Å². The van der Waals surface area contributed by atoms with Gasteiger partial charge in [0, 0.05) is 11.8 Å². The molecule has 2 aromatic carbocycles. The average Bonchev–Trinajstić information content (AvgIpc) is 3.00. The summed E-state index contributed by atoms with van der Waals surface area (Å²) < 4.78 is 27.0. The van der Waals surface area contributed by atoms with Crippen molar-refractivity contribution in [3.05, 3.63) is 59.3 Å². The Kier molecular flexibility index (Phi) is 4.78. The Morgan fingerprint density at radius 1 is 1.21 bits per heavy atom. The van der Waals surface area contributed by atoms with Gasteiger partial charge in [0.25, 0.3) is 5.91 Å². The van der Waals surface area contributed by atoms with Crippen LogP contribution in [0, 0.1) is 6.92 Å². The van der Waals surface area contributed by atoms with Crippen LogP contribution in [-0.4, -0.2) is 27.8 Å². The number of carbonyl (C=O) groups is 1. The Bertz CT molecular complexity index is 1160. The molecule has 1 aliphatic rings. The highest BCUT2D eigenvalue weighted by Gasteiger charge is 2.35. The number of fused-ring (bicyclic) bond motifs is 2. The molecule has 0 radical (unpaired) electrons. The van der Waals surface area contributed by atoms with Crippen LogP contribution in [0.15, 0.2) is 47.4 Å². The lowest BCUT2D eigenvalue weighted by molar-refractivity contribution is 0.0978. The normalized spacial score (nSPS) is 15.4. The van der Waals surface area contributed by atoms with Gasteiger partial charge >= 0.3 is 0 Å². The van der Waals surface area contributed by atoms with Gasteiger partial charge in [0.15, 0.2) is 11.0 Å². The van der Waals surface area contributed by atoms with Crippen LogP contribution in [0.4, 0.5) is 0 Å². The molecular formula is C22H22N2O4S. The number of benzene rings is 2. The Labute approximate surface area is 171 Å². The number of hydrogen-bond acceptors (Lipinski definition) is 5. The van der Waals surface area contributed by atoms with Crippen LogP contribution < -0.4 is 14.2 Å². The lowest BCUT2D eigenvalue weighted by Crippen LogP contribution is -2.28. The maximum absolute atomic E-state index is 13.1. The van der Waals surface area contributed by atoms with E-state index < -0.39 is 22.5 Å². The first-order valence-electron chi connectivity index (χ1n) is 9.27. The number of carbonyl (C=O) groups excluding carboxylic acids is 1. The number of pyridine rings is 1. The Hall–Kier alpha value is -2.93. The van der Waals surface area contributed by atoms with E-state index >= 15 is 0 Å². The number of nitrogens with one attached hydrogen (secondary N) is 1. The molecule has 4 rings (SSSR count). The quantitative estimate of drug-likeness (QED) is 0.709. The van der Waals surface area contributed by atoms with Gasteiger partial charge in [0.05, 0.1) is 12.6 Å². The third kappa shape index (κ3) is 3.58. The minimum atomic E-state index is -1.87. The molecule has 0 saturated carbocycles. The molecule has 0 fully saturated rings. The second-order valence-electron chi connectivity index (χ2n) is 7.66. The maximum atomic E-state index is 13.1. The van der Waals surface area contributed by atoms with Crippen LogP contribution in [0.3, 0.4) is 0 Å². The summed E-state index contributed by atoms with van der Waals surface area (Å²) >= 11 is 0. The number of aryl methyl sites for hydroxylation is 1. The van der Waals surface area contributed by atoms with E-state index in [-0.39, 0.29) is 5.69 Å². The van der Waals surface area contributed by atoms with Gasteiger partial charge in [-0.15, -0.1) is 0 Å². The summed E-state index contributed by atoms with van der Waals surface area (Å²) in [6.45, 7) is 5.92. The fourth-order valence-corrected chi connectivity index (χ4v) is 4.62. The van der Waals surface area contributed by atoms with E-state index in [1.54, 1.807) is 12.1 Å². The number of aromatic nitrogens is 1. The van der Waals surface area contributed by atoms with E-state index in [9.17, 15) is 9.00 Å². The maximum Gasteiger partial charge on any atom is 0.281 e. The zero-order valence-corrected chi connectivity index (χ0v) is 17.6. The highest BCUT2D eigenvalue weighted by molar-refractivity contribution is 7.84. The largest absolute Gasteiger partial charge is 0.495 e. The standard InChI is InChI=1S/C22H22N2O4S/c1-13-6-5-7-16-15(13)9-10-17(23-16)21(25)24-29(26)20-18(27-4)11-8-14-12-22(2,3)28-19(14)20/h5-11H,12H2,1-4H3,(H,24,25). The molecule has 1 aromatic heterocycles. The number of rotatable bonds is 4. The van der Waals surface area contributed by atoms with Gasteiger partial charge < -0.3 is 9.47 Å². The number of hydrogen-bond donors (Lipinski definition) is 1. The van der Waals surface area contributed by atoms with Gasteiger partial charge in [0.1, 0.15) is 27.7 Å². The van der Waals surface area contributed by atoms with E-state index in [2.05, 4.69) is 9.71 Å². The van der Waals surface area contributed by atoms with E-state index in [0.29, 0.717) is 28.3 Å². The molecule has 1 amide bonds. The van der Waals surface area contributed by atoms with Crippen molar-refractivity contribution < 1.29 is 18.5 Å². The minimum absolute atomic E-state index is 0.198. The summed E-state index contributed by atoms with van der Waals surface area (Å²) in [5.41, 5.74) is 2.52. The second-order valence-corrected chi connectivity index (χ2v) is 8.81. The Morgan fingerprint density at radius 2 is 2.00 bits per heavy atom. The molecule has 150 valence electrons. The fourth-order valence-electron chi connectivity index (χ4n) is 3.57. The number of methoxy groups -OCH3 is 1. The smallest absolute Gasteiger partial charge is 0.281 e. The summed E-state index contributed by atoms with van der Waals surface area (Å²) in [4.78, 5) is 17.5. The van der Waals surface area contributed by atoms with Gasteiger partial charge in [-0.2, -0.15) is 0 Å². The first kappa shape index (κ1) is 19.4. The predicted octanol–water partition coefficient (Wildman–Crippen LogP) is 3.72. The number of nitrogens with zero attached hydrogens (tertiary/aromatic N) is 1. The zero-order valence-electron chi connectivity index (χ0n) is 16.7. The van der Waals surface area contributed by atoms with Crippen molar-refractivity contribution in [3.8, 4) is 11.5 Å². The van der Waals surface area contributed by atoms with Crippen molar-refractivity contribution in [3.63, 3.8) is 0 Å². The summed E-state index contributed by atoms with van der Waals surface area (Å²) in [5, 5.41) is 0.975. The summed E-state index contributed by atoms with van der Waals surface area (Å²) in [5.74, 6) is 0.390. The third-order valence-electron chi connectivity index (χ3n) is 4.93. The van der Waals surface area contributed by atoms with Crippen LogP contribution in [-0.2, 0) is 17.4 Å². The predicted molar refractivity (Wildman–Crippen MR) is 112 cm³/mol. The Balaban J connectivity index is 1.65. The molecule has 1 atom stereocenters. The fraction of sp³-hybridized carbons (Fsp3) is 0.273. The molecule has 1 aliphatic heterocycles. The number of amides is 1. The van der Waals surface area contributed by atoms with Gasteiger partial charge in [-0.25, -0.2) is 9.19 Å². The molecule has 29 heavy (non-hydrogen) atoms. The first-order chi connectivity index (χ1) is 13.8. The molecule has 0 aliphatic carbocycles. The van der Waals surface area contributed by atoms with Crippen LogP contribution in [0.5, 0.6) is 11.5 Å². The second kappa shape index (κ2) is 7.15. The van der Waals surface area contributed by atoms with Gasteiger partial charge in [-0.05, 0) is 50.1 Å². The van der Waals surface area contributed by atoms with Crippen molar-refractivity contribution in [2.75, 3.05) is 7.11 Å². The molecule has 7 heteroatoms. The minimum Gasteiger partial charge on any atom is -0.495 e. The summed E-state index contributed by atoms with van der Waals surface area (Å²) in [7, 11) is -0.370. The van der Waals surface area contributed by atoms with Gasteiger partial charge in [-0.3, -0.25) is 9.52 Å². The molecule has 2 heterocycles. The highest BCUT2D eigenvalue weighted by Crippen LogP contribution is 2.43. The van der Waals surface area contributed by atoms with Crippen LogP contribution >= 0.6 is 0 Å². The van der Waals surface area contributed by atoms with Crippen molar-refractivity contribution in [2.24, 2.45) is 0 Å². The van der Waals surface area contributed by atoms with Crippen LogP contribution in [0.1, 0.15) is 35.5 Å². The average molecular weight is 410 g/mol.